The number of nitrogens with zero attached hydrogens (tertiary/aromatic N) is 4. The van der Waals surface area contributed by atoms with Crippen LogP contribution in [0.2, 0.25) is 0 Å². The number of imidazole rings is 1. The van der Waals surface area contributed by atoms with Crippen molar-refractivity contribution in [3.8, 4) is 0 Å². The van der Waals surface area contributed by atoms with Crippen LogP contribution >= 0.6 is 0 Å². The molecule has 35 heavy (non-hydrogen) atoms. The standard InChI is InChI=1S/C24H21N5O6/c25-20-17-21(27-12-26-20)29(13-28-17)22-18(30)19(35-24(32)15-9-5-2-6-10-15)16(34-22)11-33-23(31)14-7-3-1-4-8-14/h1-10,12-13,16,18-19,22,30H,11H2,(H2,25,26,27). The minimum atomic E-state index is -1.32. The Morgan fingerprint density at radius 1 is 0.971 bits per heavy atom. The molecule has 4 atom stereocenters. The number of anilines is 1. The van der Waals surface area contributed by atoms with Crippen LogP contribution in [0.4, 0.5) is 5.82 Å². The van der Waals surface area contributed by atoms with Gasteiger partial charge in [0.25, 0.3) is 0 Å². The van der Waals surface area contributed by atoms with Crippen molar-refractivity contribution >= 4 is 28.9 Å². The second-order valence-electron chi connectivity index (χ2n) is 7.84. The molecule has 2 aromatic carbocycles. The van der Waals surface area contributed by atoms with E-state index in [-0.39, 0.29) is 12.4 Å². The van der Waals surface area contributed by atoms with E-state index in [9.17, 15) is 14.7 Å². The van der Waals surface area contributed by atoms with Gasteiger partial charge in [0.2, 0.25) is 0 Å². The van der Waals surface area contributed by atoms with Crippen LogP contribution in [0, 0.1) is 0 Å². The molecule has 4 unspecified atom stereocenters. The first-order chi connectivity index (χ1) is 17.0. The van der Waals surface area contributed by atoms with Crippen molar-refractivity contribution in [1.82, 2.24) is 19.5 Å². The number of carbonyl (C=O) groups excluding carboxylic acids is 2. The minimum absolute atomic E-state index is 0.168. The zero-order valence-electron chi connectivity index (χ0n) is 18.3. The molecule has 1 aliphatic heterocycles. The first-order valence-corrected chi connectivity index (χ1v) is 10.8. The van der Waals surface area contributed by atoms with Crippen LogP contribution in [0.15, 0.2) is 73.3 Å². The average molecular weight is 475 g/mol. The SMILES string of the molecule is Nc1ncnc2c1ncn2C1OC(COC(=O)c2ccccc2)C(OC(=O)c2ccccc2)C1O. The molecular formula is C24H21N5O6. The summed E-state index contributed by atoms with van der Waals surface area (Å²) >= 11 is 0. The molecule has 1 fully saturated rings. The van der Waals surface area contributed by atoms with Gasteiger partial charge < -0.3 is 25.1 Å². The van der Waals surface area contributed by atoms with E-state index in [2.05, 4.69) is 15.0 Å². The van der Waals surface area contributed by atoms with Crippen molar-refractivity contribution in [2.24, 2.45) is 0 Å². The number of aliphatic hydroxyl groups is 1. The van der Waals surface area contributed by atoms with Crippen LogP contribution in [-0.2, 0) is 14.2 Å². The predicted molar refractivity (Wildman–Crippen MR) is 122 cm³/mol. The molecule has 1 aliphatic rings. The van der Waals surface area contributed by atoms with Gasteiger partial charge in [-0.1, -0.05) is 36.4 Å². The van der Waals surface area contributed by atoms with Crippen molar-refractivity contribution in [1.29, 1.82) is 0 Å². The summed E-state index contributed by atoms with van der Waals surface area (Å²) in [7, 11) is 0. The molecule has 3 N–H and O–H groups in total. The molecular weight excluding hydrogens is 454 g/mol. The molecule has 178 valence electrons. The Kier molecular flexibility index (Phi) is 6.08. The summed E-state index contributed by atoms with van der Waals surface area (Å²) in [6.07, 6.45) is -1.80. The molecule has 2 aromatic heterocycles. The lowest BCUT2D eigenvalue weighted by Crippen LogP contribution is -2.38. The molecule has 1 saturated heterocycles. The van der Waals surface area contributed by atoms with Gasteiger partial charge in [-0.25, -0.2) is 24.5 Å². The van der Waals surface area contributed by atoms with Gasteiger partial charge in [0, 0.05) is 0 Å². The Hall–Kier alpha value is -4.35. The van der Waals surface area contributed by atoms with Gasteiger partial charge in [-0.3, -0.25) is 4.57 Å². The van der Waals surface area contributed by atoms with E-state index in [1.807, 2.05) is 0 Å². The smallest absolute Gasteiger partial charge is 0.338 e. The van der Waals surface area contributed by atoms with Crippen LogP contribution in [0.1, 0.15) is 26.9 Å². The molecule has 11 nitrogen and oxygen atoms in total. The average Bonchev–Trinajstić information content (AvgIpc) is 3.45. The van der Waals surface area contributed by atoms with Gasteiger partial charge in [-0.05, 0) is 24.3 Å². The van der Waals surface area contributed by atoms with Crippen molar-refractivity contribution in [3.63, 3.8) is 0 Å². The van der Waals surface area contributed by atoms with E-state index in [1.54, 1.807) is 60.7 Å². The highest BCUT2D eigenvalue weighted by atomic mass is 16.6. The number of carbonyl (C=O) groups is 2. The summed E-state index contributed by atoms with van der Waals surface area (Å²) in [5.41, 5.74) is 7.19. The first kappa shape index (κ1) is 22.4. The Morgan fingerprint density at radius 3 is 2.31 bits per heavy atom. The van der Waals surface area contributed by atoms with Crippen LogP contribution in [-0.4, -0.2) is 61.5 Å². The number of aromatic nitrogens is 4. The summed E-state index contributed by atoms with van der Waals surface area (Å²) in [5, 5.41) is 11.1. The molecule has 0 spiro atoms. The number of rotatable bonds is 6. The van der Waals surface area contributed by atoms with E-state index in [4.69, 9.17) is 19.9 Å². The van der Waals surface area contributed by atoms with Gasteiger partial charge in [-0.2, -0.15) is 0 Å². The quantitative estimate of drug-likeness (QED) is 0.395. The largest absolute Gasteiger partial charge is 0.459 e. The lowest BCUT2D eigenvalue weighted by Gasteiger charge is -2.20. The van der Waals surface area contributed by atoms with Gasteiger partial charge in [0.15, 0.2) is 23.8 Å². The second kappa shape index (κ2) is 9.49. The van der Waals surface area contributed by atoms with E-state index in [1.165, 1.54) is 17.2 Å². The van der Waals surface area contributed by atoms with Crippen LogP contribution in [0.3, 0.4) is 0 Å². The maximum Gasteiger partial charge on any atom is 0.338 e. The number of benzene rings is 2. The topological polar surface area (TPSA) is 152 Å². The zero-order valence-corrected chi connectivity index (χ0v) is 18.3. The van der Waals surface area contributed by atoms with Crippen molar-refractivity contribution in [2.75, 3.05) is 12.3 Å². The summed E-state index contributed by atoms with van der Waals surface area (Å²) in [4.78, 5) is 37.5. The van der Waals surface area contributed by atoms with Crippen molar-refractivity contribution < 1.29 is 28.9 Å². The maximum absolute atomic E-state index is 12.7. The Labute approximate surface area is 199 Å². The number of aliphatic hydroxyl groups excluding tert-OH is 1. The fourth-order valence-corrected chi connectivity index (χ4v) is 3.87. The molecule has 0 aliphatic carbocycles. The van der Waals surface area contributed by atoms with Crippen LogP contribution in [0.5, 0.6) is 0 Å². The normalized spacial score (nSPS) is 21.6. The van der Waals surface area contributed by atoms with Gasteiger partial charge >= 0.3 is 11.9 Å². The first-order valence-electron chi connectivity index (χ1n) is 10.8. The molecule has 3 heterocycles. The Morgan fingerprint density at radius 2 is 1.63 bits per heavy atom. The van der Waals surface area contributed by atoms with E-state index in [0.717, 1.165) is 0 Å². The summed E-state index contributed by atoms with van der Waals surface area (Å²) in [5.74, 6) is -1.06. The number of hydrogen-bond donors (Lipinski definition) is 2. The number of ether oxygens (including phenoxy) is 3. The van der Waals surface area contributed by atoms with Crippen LogP contribution in [0.25, 0.3) is 11.2 Å². The molecule has 0 bridgehead atoms. The number of nitrogens with two attached hydrogens (primary N) is 1. The lowest BCUT2D eigenvalue weighted by molar-refractivity contribution is -0.0585. The molecule has 11 heteroatoms. The molecule has 0 radical (unpaired) electrons. The Balaban J connectivity index is 1.40. The minimum Gasteiger partial charge on any atom is -0.459 e. The highest BCUT2D eigenvalue weighted by molar-refractivity contribution is 5.90. The number of esters is 2. The second-order valence-corrected chi connectivity index (χ2v) is 7.84. The fourth-order valence-electron chi connectivity index (χ4n) is 3.87. The third kappa shape index (κ3) is 4.42. The van der Waals surface area contributed by atoms with E-state index < -0.39 is 36.5 Å². The van der Waals surface area contributed by atoms with Crippen molar-refractivity contribution in [2.45, 2.75) is 24.5 Å². The Bertz CT molecular complexity index is 1350. The molecule has 4 aromatic rings. The van der Waals surface area contributed by atoms with Crippen molar-refractivity contribution in [3.05, 3.63) is 84.4 Å². The predicted octanol–water partition coefficient (Wildman–Crippen LogP) is 1.75. The highest BCUT2D eigenvalue weighted by Gasteiger charge is 2.48. The monoisotopic (exact) mass is 475 g/mol. The number of fused-ring (bicyclic) bond motifs is 1. The van der Waals surface area contributed by atoms with Gasteiger partial charge in [0.1, 0.15) is 30.7 Å². The third-order valence-electron chi connectivity index (χ3n) is 5.61. The van der Waals surface area contributed by atoms with Crippen LogP contribution < -0.4 is 5.73 Å². The molecule has 0 saturated carbocycles. The van der Waals surface area contributed by atoms with Gasteiger partial charge in [0.05, 0.1) is 17.5 Å². The molecule has 5 rings (SSSR count). The summed E-state index contributed by atoms with van der Waals surface area (Å²) in [6, 6.07) is 16.8. The highest BCUT2D eigenvalue weighted by Crippen LogP contribution is 2.34. The fraction of sp³-hybridized carbons (Fsp3) is 0.208. The summed E-state index contributed by atoms with van der Waals surface area (Å²) < 4.78 is 18.5. The zero-order chi connectivity index (χ0) is 24.4. The summed E-state index contributed by atoms with van der Waals surface area (Å²) in [6.45, 7) is -0.266. The molecule has 0 amide bonds. The van der Waals surface area contributed by atoms with E-state index >= 15 is 0 Å². The number of hydrogen-bond acceptors (Lipinski definition) is 10. The number of nitrogen functional groups attached to an aromatic ring is 1. The third-order valence-corrected chi connectivity index (χ3v) is 5.61. The maximum atomic E-state index is 12.7. The lowest BCUT2D eigenvalue weighted by atomic mass is 10.1. The van der Waals surface area contributed by atoms with E-state index in [0.29, 0.717) is 22.3 Å². The van der Waals surface area contributed by atoms with Gasteiger partial charge in [-0.15, -0.1) is 0 Å².